The first-order chi connectivity index (χ1) is 9.51. The van der Waals surface area contributed by atoms with E-state index < -0.39 is 11.4 Å². The average Bonchev–Trinajstić information content (AvgIpc) is 2.46. The van der Waals surface area contributed by atoms with Gasteiger partial charge in [0.1, 0.15) is 0 Å². The molecule has 0 aliphatic rings. The summed E-state index contributed by atoms with van der Waals surface area (Å²) in [6.07, 6.45) is 3.48. The fourth-order valence-electron chi connectivity index (χ4n) is 2.00. The molecule has 20 heavy (non-hydrogen) atoms. The molecule has 0 aliphatic heterocycles. The highest BCUT2D eigenvalue weighted by Gasteiger charge is 2.31. The Hall–Kier alpha value is -2.36. The molecule has 0 radical (unpaired) electrons. The van der Waals surface area contributed by atoms with Gasteiger partial charge in [-0.1, -0.05) is 18.2 Å². The van der Waals surface area contributed by atoms with Crippen LogP contribution in [-0.4, -0.2) is 16.1 Å². The van der Waals surface area contributed by atoms with Crippen LogP contribution in [0.1, 0.15) is 25.0 Å². The predicted octanol–water partition coefficient (Wildman–Crippen LogP) is 3.06. The first kappa shape index (κ1) is 14.1. The molecule has 1 aromatic heterocycles. The highest BCUT2D eigenvalue weighted by molar-refractivity contribution is 5.83. The molecule has 0 aliphatic carbocycles. The van der Waals surface area contributed by atoms with E-state index in [0.717, 1.165) is 16.8 Å². The number of benzene rings is 1. The first-order valence-corrected chi connectivity index (χ1v) is 6.47. The van der Waals surface area contributed by atoms with Crippen LogP contribution in [0.4, 0.5) is 5.69 Å². The van der Waals surface area contributed by atoms with Crippen molar-refractivity contribution in [2.45, 2.75) is 25.8 Å². The van der Waals surface area contributed by atoms with E-state index in [0.29, 0.717) is 6.54 Å². The van der Waals surface area contributed by atoms with E-state index >= 15 is 0 Å². The van der Waals surface area contributed by atoms with Gasteiger partial charge in [0.2, 0.25) is 0 Å². The summed E-state index contributed by atoms with van der Waals surface area (Å²) in [5.41, 5.74) is 1.79. The van der Waals surface area contributed by atoms with Crippen molar-refractivity contribution in [3.8, 4) is 0 Å². The lowest BCUT2D eigenvalue weighted by Crippen LogP contribution is -2.29. The largest absolute Gasteiger partial charge is 0.481 e. The molecule has 0 saturated carbocycles. The molecule has 0 amide bonds. The lowest BCUT2D eigenvalue weighted by molar-refractivity contribution is -0.142. The zero-order valence-electron chi connectivity index (χ0n) is 11.6. The van der Waals surface area contributed by atoms with Gasteiger partial charge in [0.05, 0.1) is 5.41 Å². The van der Waals surface area contributed by atoms with Crippen LogP contribution in [0.25, 0.3) is 0 Å². The van der Waals surface area contributed by atoms with Crippen LogP contribution in [0, 0.1) is 0 Å². The fraction of sp³-hybridized carbons (Fsp3) is 0.250. The molecule has 4 nitrogen and oxygen atoms in total. The number of anilines is 1. The monoisotopic (exact) mass is 270 g/mol. The Morgan fingerprint density at radius 3 is 2.50 bits per heavy atom. The van der Waals surface area contributed by atoms with Gasteiger partial charge in [0.25, 0.3) is 0 Å². The number of carboxylic acid groups (broad SMARTS) is 1. The maximum atomic E-state index is 11.4. The number of aromatic nitrogens is 1. The van der Waals surface area contributed by atoms with Crippen molar-refractivity contribution in [1.82, 2.24) is 4.98 Å². The molecule has 4 heteroatoms. The number of aliphatic carboxylic acids is 1. The maximum absolute atomic E-state index is 11.4. The van der Waals surface area contributed by atoms with E-state index in [1.54, 1.807) is 26.2 Å². The van der Waals surface area contributed by atoms with E-state index in [9.17, 15) is 9.90 Å². The van der Waals surface area contributed by atoms with Gasteiger partial charge in [-0.2, -0.15) is 0 Å². The summed E-state index contributed by atoms with van der Waals surface area (Å²) in [7, 11) is 0. The highest BCUT2D eigenvalue weighted by atomic mass is 16.4. The maximum Gasteiger partial charge on any atom is 0.313 e. The average molecular weight is 270 g/mol. The van der Waals surface area contributed by atoms with E-state index in [1.165, 1.54) is 0 Å². The van der Waals surface area contributed by atoms with Crippen molar-refractivity contribution >= 4 is 11.7 Å². The summed E-state index contributed by atoms with van der Waals surface area (Å²) in [4.78, 5) is 15.4. The zero-order chi connectivity index (χ0) is 14.6. The zero-order valence-corrected chi connectivity index (χ0v) is 11.6. The third-order valence-electron chi connectivity index (χ3n) is 3.37. The van der Waals surface area contributed by atoms with Crippen LogP contribution in [0.2, 0.25) is 0 Å². The van der Waals surface area contributed by atoms with Gasteiger partial charge in [-0.3, -0.25) is 9.78 Å². The Kier molecular flexibility index (Phi) is 4.03. The lowest BCUT2D eigenvalue weighted by Gasteiger charge is -2.23. The standard InChI is InChI=1S/C16H18N2O2/c1-16(2,15(19)20)13-5-3-4-6-14(13)18-11-12-7-9-17-10-8-12/h3-10,18H,11H2,1-2H3,(H,19,20). The Balaban J connectivity index is 2.23. The van der Waals surface area contributed by atoms with E-state index in [1.807, 2.05) is 36.4 Å². The molecule has 0 saturated heterocycles. The van der Waals surface area contributed by atoms with Crippen molar-refractivity contribution in [2.75, 3.05) is 5.32 Å². The van der Waals surface area contributed by atoms with Crippen molar-refractivity contribution in [1.29, 1.82) is 0 Å². The second-order valence-corrected chi connectivity index (χ2v) is 5.18. The third-order valence-corrected chi connectivity index (χ3v) is 3.37. The van der Waals surface area contributed by atoms with Crippen LogP contribution in [0.3, 0.4) is 0 Å². The van der Waals surface area contributed by atoms with Gasteiger partial charge in [0.15, 0.2) is 0 Å². The second-order valence-electron chi connectivity index (χ2n) is 5.18. The highest BCUT2D eigenvalue weighted by Crippen LogP contribution is 2.30. The minimum absolute atomic E-state index is 0.634. The molecule has 1 aromatic carbocycles. The molecule has 0 unspecified atom stereocenters. The third kappa shape index (κ3) is 2.96. The Bertz CT molecular complexity index is 594. The van der Waals surface area contributed by atoms with Crippen molar-refractivity contribution in [2.24, 2.45) is 0 Å². The van der Waals surface area contributed by atoms with Crippen molar-refractivity contribution < 1.29 is 9.90 Å². The molecule has 2 rings (SSSR count). The number of rotatable bonds is 5. The predicted molar refractivity (Wildman–Crippen MR) is 78.7 cm³/mol. The number of nitrogens with one attached hydrogen (secondary N) is 1. The van der Waals surface area contributed by atoms with Gasteiger partial charge < -0.3 is 10.4 Å². The number of carbonyl (C=O) groups is 1. The summed E-state index contributed by atoms with van der Waals surface area (Å²) in [6, 6.07) is 11.4. The molecule has 0 spiro atoms. The number of pyridine rings is 1. The van der Waals surface area contributed by atoms with Gasteiger partial charge in [0, 0.05) is 24.6 Å². The summed E-state index contributed by atoms with van der Waals surface area (Å²) >= 11 is 0. The van der Waals surface area contributed by atoms with Gasteiger partial charge >= 0.3 is 5.97 Å². The summed E-state index contributed by atoms with van der Waals surface area (Å²) < 4.78 is 0. The molecular weight excluding hydrogens is 252 g/mol. The van der Waals surface area contributed by atoms with Gasteiger partial charge in [-0.15, -0.1) is 0 Å². The molecule has 1 heterocycles. The summed E-state index contributed by atoms with van der Waals surface area (Å²) in [5, 5.41) is 12.7. The molecule has 0 atom stereocenters. The van der Waals surface area contributed by atoms with Crippen LogP contribution in [-0.2, 0) is 16.8 Å². The topological polar surface area (TPSA) is 62.2 Å². The van der Waals surface area contributed by atoms with Crippen LogP contribution in [0.15, 0.2) is 48.8 Å². The normalized spacial score (nSPS) is 11.1. The molecule has 2 N–H and O–H groups in total. The van der Waals surface area contributed by atoms with Crippen LogP contribution in [0.5, 0.6) is 0 Å². The molecule has 104 valence electrons. The Labute approximate surface area is 118 Å². The Morgan fingerprint density at radius 1 is 1.20 bits per heavy atom. The van der Waals surface area contributed by atoms with Crippen LogP contribution < -0.4 is 5.32 Å². The second kappa shape index (κ2) is 5.74. The number of hydrogen-bond donors (Lipinski definition) is 2. The van der Waals surface area contributed by atoms with Crippen molar-refractivity contribution in [3.63, 3.8) is 0 Å². The minimum atomic E-state index is -0.929. The summed E-state index contributed by atoms with van der Waals surface area (Å²) in [5.74, 6) is -0.837. The summed E-state index contributed by atoms with van der Waals surface area (Å²) in [6.45, 7) is 4.06. The van der Waals surface area contributed by atoms with E-state index in [2.05, 4.69) is 10.3 Å². The number of hydrogen-bond acceptors (Lipinski definition) is 3. The lowest BCUT2D eigenvalue weighted by atomic mass is 9.83. The first-order valence-electron chi connectivity index (χ1n) is 6.47. The fourth-order valence-corrected chi connectivity index (χ4v) is 2.00. The number of carboxylic acids is 1. The molecule has 2 aromatic rings. The minimum Gasteiger partial charge on any atom is -0.481 e. The molecular formula is C16H18N2O2. The van der Waals surface area contributed by atoms with E-state index in [-0.39, 0.29) is 0 Å². The van der Waals surface area contributed by atoms with E-state index in [4.69, 9.17) is 0 Å². The quantitative estimate of drug-likeness (QED) is 0.876. The SMILES string of the molecule is CC(C)(C(=O)O)c1ccccc1NCc1ccncc1. The Morgan fingerprint density at radius 2 is 1.85 bits per heavy atom. The van der Waals surface area contributed by atoms with Gasteiger partial charge in [-0.05, 0) is 43.2 Å². The van der Waals surface area contributed by atoms with Gasteiger partial charge in [-0.25, -0.2) is 0 Å². The van der Waals surface area contributed by atoms with Crippen LogP contribution >= 0.6 is 0 Å². The molecule has 0 fully saturated rings. The smallest absolute Gasteiger partial charge is 0.313 e. The number of nitrogens with zero attached hydrogens (tertiary/aromatic N) is 1. The van der Waals surface area contributed by atoms with Crippen molar-refractivity contribution in [3.05, 3.63) is 59.9 Å². The molecule has 0 bridgehead atoms. The number of para-hydroxylation sites is 1.